The molecule has 1 aromatic rings. The van der Waals surface area contributed by atoms with E-state index in [1.54, 1.807) is 0 Å². The summed E-state index contributed by atoms with van der Waals surface area (Å²) in [6.07, 6.45) is 1.21. The van der Waals surface area contributed by atoms with Crippen LogP contribution in [0, 0.1) is 0 Å². The average Bonchev–Trinajstić information content (AvgIpc) is 2.36. The van der Waals surface area contributed by atoms with Crippen molar-refractivity contribution < 1.29 is 4.79 Å². The van der Waals surface area contributed by atoms with Crippen LogP contribution in [0.25, 0.3) is 0 Å². The molecule has 0 aromatic heterocycles. The van der Waals surface area contributed by atoms with Gasteiger partial charge in [-0.05, 0) is 12.0 Å². The van der Waals surface area contributed by atoms with Crippen LogP contribution in [-0.4, -0.2) is 23.6 Å². The Kier molecular flexibility index (Phi) is 5.40. The number of hydrazone groups is 1. The molecule has 92 valence electrons. The lowest BCUT2D eigenvalue weighted by Gasteiger charge is -2.14. The second-order valence-electron chi connectivity index (χ2n) is 3.98. The van der Waals surface area contributed by atoms with Crippen molar-refractivity contribution in [2.45, 2.75) is 33.2 Å². The van der Waals surface area contributed by atoms with Gasteiger partial charge in [0.1, 0.15) is 5.71 Å². The molecule has 0 amide bonds. The van der Waals surface area contributed by atoms with Gasteiger partial charge in [0.05, 0.1) is 6.54 Å². The lowest BCUT2D eigenvalue weighted by Crippen LogP contribution is -2.19. The third-order valence-electron chi connectivity index (χ3n) is 2.52. The van der Waals surface area contributed by atoms with Gasteiger partial charge in [-0.2, -0.15) is 5.10 Å². The molecular formula is C14H20N2O. The van der Waals surface area contributed by atoms with Gasteiger partial charge in [0.25, 0.3) is 0 Å². The van der Waals surface area contributed by atoms with E-state index in [-0.39, 0.29) is 5.78 Å². The number of ketones is 1. The maximum absolute atomic E-state index is 11.6. The molecule has 0 bridgehead atoms. The summed E-state index contributed by atoms with van der Waals surface area (Å²) in [6.45, 7) is 4.55. The number of carbonyl (C=O) groups excluding carboxylic acids is 1. The summed E-state index contributed by atoms with van der Waals surface area (Å²) in [7, 11) is 1.89. The summed E-state index contributed by atoms with van der Waals surface area (Å²) in [5, 5.41) is 6.18. The van der Waals surface area contributed by atoms with Crippen LogP contribution in [0.2, 0.25) is 0 Å². The summed E-state index contributed by atoms with van der Waals surface area (Å²) in [5.74, 6) is 0.132. The zero-order chi connectivity index (χ0) is 12.7. The van der Waals surface area contributed by atoms with Crippen LogP contribution in [0.3, 0.4) is 0 Å². The molecule has 1 aromatic carbocycles. The molecule has 0 N–H and O–H groups in total. The second kappa shape index (κ2) is 6.84. The van der Waals surface area contributed by atoms with Crippen LogP contribution in [-0.2, 0) is 11.3 Å². The molecule has 3 nitrogen and oxygen atoms in total. The normalized spacial score (nSPS) is 11.4. The molecular weight excluding hydrogens is 212 g/mol. The summed E-state index contributed by atoms with van der Waals surface area (Å²) >= 11 is 0. The smallest absolute Gasteiger partial charge is 0.178 e. The van der Waals surface area contributed by atoms with Crippen molar-refractivity contribution in [1.29, 1.82) is 0 Å². The van der Waals surface area contributed by atoms with Crippen molar-refractivity contribution in [3.05, 3.63) is 35.9 Å². The van der Waals surface area contributed by atoms with Gasteiger partial charge in [-0.15, -0.1) is 0 Å². The fraction of sp³-hybridized carbons (Fsp3) is 0.429. The van der Waals surface area contributed by atoms with Crippen LogP contribution >= 0.6 is 0 Å². The Hall–Kier alpha value is -1.64. The molecule has 0 spiro atoms. The number of rotatable bonds is 6. The van der Waals surface area contributed by atoms with Gasteiger partial charge in [0, 0.05) is 13.5 Å². The molecule has 0 aliphatic carbocycles. The maximum atomic E-state index is 11.6. The van der Waals surface area contributed by atoms with Gasteiger partial charge in [-0.1, -0.05) is 44.2 Å². The molecule has 0 unspecified atom stereocenters. The van der Waals surface area contributed by atoms with Crippen molar-refractivity contribution in [1.82, 2.24) is 5.01 Å². The second-order valence-corrected chi connectivity index (χ2v) is 3.98. The minimum absolute atomic E-state index is 0.132. The Morgan fingerprint density at radius 3 is 2.35 bits per heavy atom. The number of hydrogen-bond donors (Lipinski definition) is 0. The molecule has 0 radical (unpaired) electrons. The van der Waals surface area contributed by atoms with E-state index in [1.807, 2.05) is 44.1 Å². The number of benzene rings is 1. The molecule has 0 fully saturated rings. The Labute approximate surface area is 103 Å². The average molecular weight is 232 g/mol. The van der Waals surface area contributed by atoms with E-state index in [2.05, 4.69) is 17.2 Å². The summed E-state index contributed by atoms with van der Waals surface area (Å²) in [5.41, 5.74) is 1.85. The standard InChI is InChI=1S/C14H20N2O/c1-4-13(14(17)5-2)15-16(3)11-12-9-7-6-8-10-12/h6-10H,4-5,11H2,1-3H3. The topological polar surface area (TPSA) is 32.7 Å². The van der Waals surface area contributed by atoms with Crippen LogP contribution in [0.15, 0.2) is 35.4 Å². The van der Waals surface area contributed by atoms with Crippen LogP contribution < -0.4 is 0 Å². The van der Waals surface area contributed by atoms with Crippen molar-refractivity contribution in [3.8, 4) is 0 Å². The molecule has 3 heteroatoms. The Morgan fingerprint density at radius 1 is 1.18 bits per heavy atom. The number of hydrogen-bond acceptors (Lipinski definition) is 3. The van der Waals surface area contributed by atoms with E-state index in [1.165, 1.54) is 5.56 Å². The number of Topliss-reactive ketones (excluding diaryl/α,β-unsaturated/α-hetero) is 1. The van der Waals surface area contributed by atoms with Gasteiger partial charge in [0.2, 0.25) is 0 Å². The summed E-state index contributed by atoms with van der Waals surface area (Å²) in [4.78, 5) is 11.6. The van der Waals surface area contributed by atoms with Gasteiger partial charge >= 0.3 is 0 Å². The molecule has 0 saturated heterocycles. The summed E-state index contributed by atoms with van der Waals surface area (Å²) in [6, 6.07) is 10.1. The highest BCUT2D eigenvalue weighted by Gasteiger charge is 2.07. The van der Waals surface area contributed by atoms with Crippen molar-refractivity contribution in [2.75, 3.05) is 7.05 Å². The Bertz CT molecular complexity index is 384. The zero-order valence-corrected chi connectivity index (χ0v) is 10.8. The fourth-order valence-corrected chi connectivity index (χ4v) is 1.62. The zero-order valence-electron chi connectivity index (χ0n) is 10.8. The predicted molar refractivity (Wildman–Crippen MR) is 70.9 cm³/mol. The minimum atomic E-state index is 0.132. The van der Waals surface area contributed by atoms with E-state index >= 15 is 0 Å². The highest BCUT2D eigenvalue weighted by atomic mass is 16.1. The van der Waals surface area contributed by atoms with Crippen LogP contribution in [0.4, 0.5) is 0 Å². The lowest BCUT2D eigenvalue weighted by atomic mass is 10.1. The van der Waals surface area contributed by atoms with Crippen molar-refractivity contribution in [2.24, 2.45) is 5.10 Å². The SMILES string of the molecule is CCC(=O)C(CC)=NN(C)Cc1ccccc1. The van der Waals surface area contributed by atoms with E-state index in [9.17, 15) is 4.79 Å². The van der Waals surface area contributed by atoms with Crippen molar-refractivity contribution >= 4 is 11.5 Å². The maximum Gasteiger partial charge on any atom is 0.178 e. The third-order valence-corrected chi connectivity index (χ3v) is 2.52. The van der Waals surface area contributed by atoms with Gasteiger partial charge in [-0.25, -0.2) is 0 Å². The largest absolute Gasteiger partial charge is 0.295 e. The summed E-state index contributed by atoms with van der Waals surface area (Å²) < 4.78 is 0. The first kappa shape index (κ1) is 13.4. The van der Waals surface area contributed by atoms with Crippen LogP contribution in [0.1, 0.15) is 32.3 Å². The quantitative estimate of drug-likeness (QED) is 0.558. The monoisotopic (exact) mass is 232 g/mol. The minimum Gasteiger partial charge on any atom is -0.295 e. The molecule has 0 aliphatic rings. The van der Waals surface area contributed by atoms with E-state index < -0.39 is 0 Å². The van der Waals surface area contributed by atoms with Gasteiger partial charge < -0.3 is 0 Å². The highest BCUT2D eigenvalue weighted by Crippen LogP contribution is 2.04. The van der Waals surface area contributed by atoms with E-state index in [0.29, 0.717) is 18.6 Å². The molecule has 0 atom stereocenters. The molecule has 17 heavy (non-hydrogen) atoms. The fourth-order valence-electron chi connectivity index (χ4n) is 1.62. The number of nitrogens with zero attached hydrogens (tertiary/aromatic N) is 2. The molecule has 0 heterocycles. The molecule has 1 rings (SSSR count). The molecule has 0 aliphatic heterocycles. The van der Waals surface area contributed by atoms with Crippen molar-refractivity contribution in [3.63, 3.8) is 0 Å². The lowest BCUT2D eigenvalue weighted by molar-refractivity contribution is -0.112. The van der Waals surface area contributed by atoms with Gasteiger partial charge in [0.15, 0.2) is 5.78 Å². The van der Waals surface area contributed by atoms with E-state index in [0.717, 1.165) is 6.54 Å². The van der Waals surface area contributed by atoms with Crippen LogP contribution in [0.5, 0.6) is 0 Å². The third kappa shape index (κ3) is 4.39. The Morgan fingerprint density at radius 2 is 1.82 bits per heavy atom. The van der Waals surface area contributed by atoms with E-state index in [4.69, 9.17) is 0 Å². The molecule has 0 saturated carbocycles. The van der Waals surface area contributed by atoms with Gasteiger partial charge in [-0.3, -0.25) is 9.80 Å². The Balaban J connectivity index is 2.67. The first-order valence-corrected chi connectivity index (χ1v) is 6.03. The number of carbonyl (C=O) groups is 1. The first-order valence-electron chi connectivity index (χ1n) is 6.03. The first-order chi connectivity index (χ1) is 8.17. The predicted octanol–water partition coefficient (Wildman–Crippen LogP) is 2.86. The highest BCUT2D eigenvalue weighted by molar-refractivity contribution is 6.39.